The monoisotopic (exact) mass is 471 g/mol. The highest BCUT2D eigenvalue weighted by atomic mass is 32.2. The maximum atomic E-state index is 13.3. The molecule has 1 aliphatic rings. The van der Waals surface area contributed by atoms with Crippen LogP contribution in [0.1, 0.15) is 36.3 Å². The average Bonchev–Trinajstić information content (AvgIpc) is 3.63. The molecule has 172 valence electrons. The molecule has 5 rings (SSSR count). The molecule has 1 unspecified atom stereocenters. The Kier molecular flexibility index (Phi) is 6.31. The summed E-state index contributed by atoms with van der Waals surface area (Å²) in [5.74, 6) is 1.63. The number of rotatable bonds is 7. The summed E-state index contributed by atoms with van der Waals surface area (Å²) in [6.45, 7) is 4.81. The fourth-order valence-corrected chi connectivity index (χ4v) is 4.89. The van der Waals surface area contributed by atoms with Gasteiger partial charge in [0.15, 0.2) is 11.0 Å². The molecule has 2 aromatic heterocycles. The van der Waals surface area contributed by atoms with E-state index in [2.05, 4.69) is 29.3 Å². The summed E-state index contributed by atoms with van der Waals surface area (Å²) in [4.78, 5) is 13.3. The molecule has 4 aromatic rings. The van der Waals surface area contributed by atoms with Crippen molar-refractivity contribution in [2.24, 2.45) is 5.10 Å². The molecular formula is C26H25N5O2S. The maximum Gasteiger partial charge on any atom is 0.253 e. The Morgan fingerprint density at radius 1 is 1.03 bits per heavy atom. The van der Waals surface area contributed by atoms with E-state index in [0.717, 1.165) is 28.4 Å². The molecule has 0 saturated carbocycles. The van der Waals surface area contributed by atoms with Gasteiger partial charge in [-0.1, -0.05) is 71.9 Å². The Balaban J connectivity index is 1.36. The zero-order chi connectivity index (χ0) is 23.5. The SMILES string of the molecule is CCn1c(SCC(=O)N2N=C(c3ccc(C)cc3)CC2c2ccco2)nnc1-c1ccccc1. The lowest BCUT2D eigenvalue weighted by Gasteiger charge is -2.19. The Morgan fingerprint density at radius 2 is 1.82 bits per heavy atom. The van der Waals surface area contributed by atoms with Crippen molar-refractivity contribution in [3.8, 4) is 11.4 Å². The first-order valence-electron chi connectivity index (χ1n) is 11.3. The third-order valence-corrected chi connectivity index (χ3v) is 6.76. The number of amides is 1. The largest absolute Gasteiger partial charge is 0.467 e. The van der Waals surface area contributed by atoms with Crippen molar-refractivity contribution >= 4 is 23.4 Å². The van der Waals surface area contributed by atoms with Gasteiger partial charge in [-0.25, -0.2) is 5.01 Å². The van der Waals surface area contributed by atoms with Gasteiger partial charge in [0.2, 0.25) is 0 Å². The summed E-state index contributed by atoms with van der Waals surface area (Å²) in [6.07, 6.45) is 2.24. The van der Waals surface area contributed by atoms with Crippen LogP contribution in [-0.2, 0) is 11.3 Å². The Labute approximate surface area is 202 Å². The number of aryl methyl sites for hydroxylation is 1. The second-order valence-corrected chi connectivity index (χ2v) is 9.03. The highest BCUT2D eigenvalue weighted by Crippen LogP contribution is 2.34. The summed E-state index contributed by atoms with van der Waals surface area (Å²) >= 11 is 1.38. The van der Waals surface area contributed by atoms with E-state index in [1.165, 1.54) is 17.3 Å². The van der Waals surface area contributed by atoms with Crippen molar-refractivity contribution < 1.29 is 9.21 Å². The van der Waals surface area contributed by atoms with E-state index in [9.17, 15) is 4.79 Å². The quantitative estimate of drug-likeness (QED) is 0.340. The molecule has 3 heterocycles. The molecule has 0 aliphatic carbocycles. The molecule has 34 heavy (non-hydrogen) atoms. The molecule has 0 bridgehead atoms. The molecule has 1 amide bonds. The second kappa shape index (κ2) is 9.69. The molecule has 8 heteroatoms. The summed E-state index contributed by atoms with van der Waals surface area (Å²) in [6, 6.07) is 21.6. The van der Waals surface area contributed by atoms with Gasteiger partial charge < -0.3 is 8.98 Å². The van der Waals surface area contributed by atoms with Crippen molar-refractivity contribution in [1.29, 1.82) is 0 Å². The van der Waals surface area contributed by atoms with Crippen molar-refractivity contribution in [3.63, 3.8) is 0 Å². The number of hydrazone groups is 1. The number of nitrogens with zero attached hydrogens (tertiary/aromatic N) is 5. The first kappa shape index (κ1) is 22.2. The van der Waals surface area contributed by atoms with Gasteiger partial charge in [0.1, 0.15) is 11.8 Å². The second-order valence-electron chi connectivity index (χ2n) is 8.09. The molecule has 0 radical (unpaired) electrons. The number of hydrogen-bond donors (Lipinski definition) is 0. The van der Waals surface area contributed by atoms with E-state index in [1.54, 1.807) is 11.3 Å². The van der Waals surface area contributed by atoms with E-state index < -0.39 is 0 Å². The minimum Gasteiger partial charge on any atom is -0.467 e. The number of benzene rings is 2. The molecule has 1 aliphatic heterocycles. The standard InChI is InChI=1S/C26H25N5O2S/c1-3-30-25(20-8-5-4-6-9-20)27-28-26(30)34-17-24(32)31-22(23-10-7-15-33-23)16-21(29-31)19-13-11-18(2)12-14-19/h4-15,22H,3,16-17H2,1-2H3. The van der Waals surface area contributed by atoms with E-state index in [1.807, 2.05) is 66.1 Å². The minimum atomic E-state index is -0.261. The van der Waals surface area contributed by atoms with Gasteiger partial charge in [-0.2, -0.15) is 5.10 Å². The number of hydrogen-bond acceptors (Lipinski definition) is 6. The fourth-order valence-electron chi connectivity index (χ4n) is 4.04. The van der Waals surface area contributed by atoms with Crippen LogP contribution < -0.4 is 0 Å². The number of furan rings is 1. The Bertz CT molecular complexity index is 1300. The number of carbonyl (C=O) groups is 1. The van der Waals surface area contributed by atoms with Crippen LogP contribution >= 0.6 is 11.8 Å². The van der Waals surface area contributed by atoms with Gasteiger partial charge in [-0.3, -0.25) is 4.79 Å². The molecule has 0 saturated heterocycles. The summed E-state index contributed by atoms with van der Waals surface area (Å²) < 4.78 is 7.68. The van der Waals surface area contributed by atoms with Crippen LogP contribution in [0.5, 0.6) is 0 Å². The number of carbonyl (C=O) groups excluding carboxylic acids is 1. The Hall–Kier alpha value is -3.65. The molecule has 2 aromatic carbocycles. The summed E-state index contributed by atoms with van der Waals surface area (Å²) in [7, 11) is 0. The van der Waals surface area contributed by atoms with Gasteiger partial charge in [0.25, 0.3) is 5.91 Å². The zero-order valence-corrected chi connectivity index (χ0v) is 19.9. The third-order valence-electron chi connectivity index (χ3n) is 5.81. The van der Waals surface area contributed by atoms with Crippen LogP contribution in [0.2, 0.25) is 0 Å². The maximum absolute atomic E-state index is 13.3. The topological polar surface area (TPSA) is 76.5 Å². The van der Waals surface area contributed by atoms with Crippen molar-refractivity contribution in [2.45, 2.75) is 38.0 Å². The van der Waals surface area contributed by atoms with Crippen LogP contribution in [0.3, 0.4) is 0 Å². The number of thioether (sulfide) groups is 1. The van der Waals surface area contributed by atoms with Crippen molar-refractivity contribution in [2.75, 3.05) is 5.75 Å². The molecule has 7 nitrogen and oxygen atoms in total. The third kappa shape index (κ3) is 4.41. The van der Waals surface area contributed by atoms with Crippen molar-refractivity contribution in [3.05, 3.63) is 89.9 Å². The fraction of sp³-hybridized carbons (Fsp3) is 0.231. The van der Waals surface area contributed by atoms with Crippen LogP contribution in [0.15, 0.2) is 87.7 Å². The van der Waals surface area contributed by atoms with Gasteiger partial charge >= 0.3 is 0 Å². The van der Waals surface area contributed by atoms with Gasteiger partial charge in [0.05, 0.1) is 17.7 Å². The number of aromatic nitrogens is 3. The summed E-state index contributed by atoms with van der Waals surface area (Å²) in [5, 5.41) is 15.7. The van der Waals surface area contributed by atoms with Gasteiger partial charge in [0, 0.05) is 18.5 Å². The zero-order valence-electron chi connectivity index (χ0n) is 19.1. The predicted octanol–water partition coefficient (Wildman–Crippen LogP) is 5.34. The van der Waals surface area contributed by atoms with E-state index in [0.29, 0.717) is 18.1 Å². The summed E-state index contributed by atoms with van der Waals surface area (Å²) in [5.41, 5.74) is 4.08. The lowest BCUT2D eigenvalue weighted by atomic mass is 10.0. The van der Waals surface area contributed by atoms with E-state index in [-0.39, 0.29) is 17.7 Å². The first-order chi connectivity index (χ1) is 16.6. The minimum absolute atomic E-state index is 0.0968. The molecule has 0 fully saturated rings. The van der Waals surface area contributed by atoms with Crippen LogP contribution in [0, 0.1) is 6.92 Å². The lowest BCUT2D eigenvalue weighted by molar-refractivity contribution is -0.130. The first-order valence-corrected chi connectivity index (χ1v) is 12.2. The average molecular weight is 472 g/mol. The van der Waals surface area contributed by atoms with Gasteiger partial charge in [-0.05, 0) is 31.5 Å². The van der Waals surface area contributed by atoms with Gasteiger partial charge in [-0.15, -0.1) is 10.2 Å². The van der Waals surface area contributed by atoms with Crippen molar-refractivity contribution in [1.82, 2.24) is 19.8 Å². The molecule has 0 spiro atoms. The predicted molar refractivity (Wildman–Crippen MR) is 132 cm³/mol. The van der Waals surface area contributed by atoms with Crippen LogP contribution in [0.25, 0.3) is 11.4 Å². The van der Waals surface area contributed by atoms with E-state index >= 15 is 0 Å². The molecule has 0 N–H and O–H groups in total. The van der Waals surface area contributed by atoms with E-state index in [4.69, 9.17) is 9.52 Å². The smallest absolute Gasteiger partial charge is 0.253 e. The normalized spacial score (nSPS) is 15.5. The highest BCUT2D eigenvalue weighted by molar-refractivity contribution is 7.99. The van der Waals surface area contributed by atoms with Crippen LogP contribution in [-0.4, -0.2) is 37.1 Å². The van der Waals surface area contributed by atoms with Crippen LogP contribution in [0.4, 0.5) is 0 Å². The Morgan fingerprint density at radius 3 is 2.53 bits per heavy atom. The lowest BCUT2D eigenvalue weighted by Crippen LogP contribution is -2.28. The molecular weight excluding hydrogens is 446 g/mol. The highest BCUT2D eigenvalue weighted by Gasteiger charge is 2.35. The molecule has 1 atom stereocenters.